The van der Waals surface area contributed by atoms with Crippen molar-refractivity contribution in [1.82, 2.24) is 9.97 Å². The van der Waals surface area contributed by atoms with Crippen LogP contribution in [0.2, 0.25) is 0 Å². The van der Waals surface area contributed by atoms with Crippen molar-refractivity contribution in [2.24, 2.45) is 5.73 Å². The van der Waals surface area contributed by atoms with Gasteiger partial charge in [-0.15, -0.1) is 0 Å². The van der Waals surface area contributed by atoms with E-state index >= 15 is 0 Å². The first-order valence-electron chi connectivity index (χ1n) is 5.47. The molecule has 1 heterocycles. The molecule has 0 saturated carbocycles. The van der Waals surface area contributed by atoms with Crippen molar-refractivity contribution < 1.29 is 4.39 Å². The molecule has 94 valence electrons. The SMILES string of the molecule is C=CN.Cc1ncc(C)c(-c2cccc(F)c2)n1. The molecule has 0 aliphatic rings. The van der Waals surface area contributed by atoms with Gasteiger partial charge in [0.25, 0.3) is 0 Å². The highest BCUT2D eigenvalue weighted by atomic mass is 19.1. The minimum atomic E-state index is -0.247. The molecule has 0 bridgehead atoms. The van der Waals surface area contributed by atoms with E-state index in [1.165, 1.54) is 18.3 Å². The van der Waals surface area contributed by atoms with E-state index in [2.05, 4.69) is 22.3 Å². The lowest BCUT2D eigenvalue weighted by Gasteiger charge is -2.05. The summed E-state index contributed by atoms with van der Waals surface area (Å²) < 4.78 is 13.0. The fraction of sp³-hybridized carbons (Fsp3) is 0.143. The van der Waals surface area contributed by atoms with Crippen LogP contribution in [0.25, 0.3) is 11.3 Å². The van der Waals surface area contributed by atoms with Crippen LogP contribution in [0.1, 0.15) is 11.4 Å². The number of halogens is 1. The summed E-state index contributed by atoms with van der Waals surface area (Å²) in [4.78, 5) is 8.39. The molecule has 0 aliphatic carbocycles. The highest BCUT2D eigenvalue weighted by Gasteiger charge is 2.05. The zero-order valence-corrected chi connectivity index (χ0v) is 10.5. The largest absolute Gasteiger partial charge is 0.405 e. The number of benzene rings is 1. The summed E-state index contributed by atoms with van der Waals surface area (Å²) in [6.45, 7) is 6.88. The van der Waals surface area contributed by atoms with Crippen LogP contribution in [0, 0.1) is 19.7 Å². The van der Waals surface area contributed by atoms with Crippen LogP contribution in [0.15, 0.2) is 43.2 Å². The van der Waals surface area contributed by atoms with E-state index in [0.717, 1.165) is 16.8 Å². The molecule has 1 aromatic carbocycles. The smallest absolute Gasteiger partial charge is 0.125 e. The molecule has 0 atom stereocenters. The van der Waals surface area contributed by atoms with Gasteiger partial charge in [-0.2, -0.15) is 0 Å². The molecule has 3 nitrogen and oxygen atoms in total. The molecule has 2 N–H and O–H groups in total. The van der Waals surface area contributed by atoms with Crippen molar-refractivity contribution in [3.05, 3.63) is 60.4 Å². The lowest BCUT2D eigenvalue weighted by Crippen LogP contribution is -1.94. The molecule has 0 radical (unpaired) electrons. The van der Waals surface area contributed by atoms with E-state index < -0.39 is 0 Å². The Bertz CT molecular complexity index is 538. The maximum Gasteiger partial charge on any atom is 0.125 e. The number of aryl methyl sites for hydroxylation is 2. The average molecular weight is 245 g/mol. The zero-order chi connectivity index (χ0) is 13.5. The minimum Gasteiger partial charge on any atom is -0.405 e. The monoisotopic (exact) mass is 245 g/mol. The van der Waals surface area contributed by atoms with Crippen molar-refractivity contribution in [3.63, 3.8) is 0 Å². The zero-order valence-electron chi connectivity index (χ0n) is 10.5. The van der Waals surface area contributed by atoms with Crippen molar-refractivity contribution in [1.29, 1.82) is 0 Å². The molecular weight excluding hydrogens is 229 g/mol. The second-order valence-electron chi connectivity index (χ2n) is 3.69. The van der Waals surface area contributed by atoms with Crippen LogP contribution >= 0.6 is 0 Å². The lowest BCUT2D eigenvalue weighted by molar-refractivity contribution is 0.628. The van der Waals surface area contributed by atoms with Gasteiger partial charge in [-0.1, -0.05) is 18.7 Å². The van der Waals surface area contributed by atoms with Gasteiger partial charge in [-0.25, -0.2) is 14.4 Å². The second-order valence-corrected chi connectivity index (χ2v) is 3.69. The standard InChI is InChI=1S/C12H11FN2.C2H5N/c1-8-7-14-9(2)15-12(8)10-4-3-5-11(13)6-10;1-2-3/h3-7H,1-2H3;2H,1,3H2. The maximum absolute atomic E-state index is 13.0. The molecule has 0 unspecified atom stereocenters. The van der Waals surface area contributed by atoms with Gasteiger partial charge in [-0.3, -0.25) is 0 Å². The number of hydrogen-bond donors (Lipinski definition) is 1. The van der Waals surface area contributed by atoms with E-state index in [4.69, 9.17) is 0 Å². The van der Waals surface area contributed by atoms with Gasteiger partial charge >= 0.3 is 0 Å². The number of rotatable bonds is 1. The molecule has 0 aliphatic heterocycles. The van der Waals surface area contributed by atoms with Crippen LogP contribution in [0.5, 0.6) is 0 Å². The van der Waals surface area contributed by atoms with Crippen molar-refractivity contribution in [2.45, 2.75) is 13.8 Å². The van der Waals surface area contributed by atoms with Gasteiger partial charge in [0.1, 0.15) is 11.6 Å². The van der Waals surface area contributed by atoms with Crippen LogP contribution in [0.4, 0.5) is 4.39 Å². The third-order valence-corrected chi connectivity index (χ3v) is 2.19. The highest BCUT2D eigenvalue weighted by molar-refractivity contribution is 5.62. The molecule has 0 spiro atoms. The summed E-state index contributed by atoms with van der Waals surface area (Å²) in [5, 5.41) is 0. The Hall–Kier alpha value is -2.23. The summed E-state index contributed by atoms with van der Waals surface area (Å²) >= 11 is 0. The van der Waals surface area contributed by atoms with Crippen molar-refractivity contribution in [3.8, 4) is 11.3 Å². The molecule has 2 rings (SSSR count). The fourth-order valence-electron chi connectivity index (χ4n) is 1.46. The first-order chi connectivity index (χ1) is 8.58. The van der Waals surface area contributed by atoms with Gasteiger partial charge in [0.05, 0.1) is 5.69 Å². The van der Waals surface area contributed by atoms with E-state index in [0.29, 0.717) is 5.82 Å². The van der Waals surface area contributed by atoms with Gasteiger partial charge in [-0.05, 0) is 37.7 Å². The Kier molecular flexibility index (Phi) is 4.99. The number of nitrogens with zero attached hydrogens (tertiary/aromatic N) is 2. The topological polar surface area (TPSA) is 51.8 Å². The molecule has 0 fully saturated rings. The summed E-state index contributed by atoms with van der Waals surface area (Å²) in [6, 6.07) is 6.43. The Morgan fingerprint density at radius 2 is 2.00 bits per heavy atom. The first kappa shape index (κ1) is 13.8. The molecule has 18 heavy (non-hydrogen) atoms. The summed E-state index contributed by atoms with van der Waals surface area (Å²) in [5.41, 5.74) is 7.14. The van der Waals surface area contributed by atoms with Crippen molar-refractivity contribution in [2.75, 3.05) is 0 Å². The lowest BCUT2D eigenvalue weighted by atomic mass is 10.1. The van der Waals surface area contributed by atoms with E-state index in [-0.39, 0.29) is 5.82 Å². The third kappa shape index (κ3) is 3.66. The van der Waals surface area contributed by atoms with Crippen LogP contribution in [-0.4, -0.2) is 9.97 Å². The van der Waals surface area contributed by atoms with Gasteiger partial charge < -0.3 is 5.73 Å². The molecule has 1 aromatic heterocycles. The number of aromatic nitrogens is 2. The summed E-state index contributed by atoms with van der Waals surface area (Å²) in [6.07, 6.45) is 3.00. The summed E-state index contributed by atoms with van der Waals surface area (Å²) in [5.74, 6) is 0.447. The van der Waals surface area contributed by atoms with E-state index in [1.54, 1.807) is 12.3 Å². The molecule has 0 amide bonds. The van der Waals surface area contributed by atoms with Gasteiger partial charge in [0, 0.05) is 11.8 Å². The molecular formula is C14H16FN3. The average Bonchev–Trinajstić information content (AvgIpc) is 2.33. The summed E-state index contributed by atoms with van der Waals surface area (Å²) in [7, 11) is 0. The Morgan fingerprint density at radius 1 is 1.33 bits per heavy atom. The predicted octanol–water partition coefficient (Wildman–Crippen LogP) is 2.99. The van der Waals surface area contributed by atoms with E-state index in [9.17, 15) is 4.39 Å². The molecule has 0 saturated heterocycles. The fourth-order valence-corrected chi connectivity index (χ4v) is 1.46. The second kappa shape index (κ2) is 6.49. The quantitative estimate of drug-likeness (QED) is 0.840. The Balaban J connectivity index is 0.000000492. The van der Waals surface area contributed by atoms with Crippen LogP contribution in [0.3, 0.4) is 0 Å². The van der Waals surface area contributed by atoms with Crippen LogP contribution in [-0.2, 0) is 0 Å². The molecule has 4 heteroatoms. The third-order valence-electron chi connectivity index (χ3n) is 2.19. The Labute approximate surface area is 106 Å². The van der Waals surface area contributed by atoms with Crippen molar-refractivity contribution >= 4 is 0 Å². The maximum atomic E-state index is 13.0. The highest BCUT2D eigenvalue weighted by Crippen LogP contribution is 2.20. The van der Waals surface area contributed by atoms with Gasteiger partial charge in [0.2, 0.25) is 0 Å². The number of nitrogens with two attached hydrogens (primary N) is 1. The van der Waals surface area contributed by atoms with Gasteiger partial charge in [0.15, 0.2) is 0 Å². The van der Waals surface area contributed by atoms with E-state index in [1.807, 2.05) is 19.9 Å². The number of hydrogen-bond acceptors (Lipinski definition) is 3. The minimum absolute atomic E-state index is 0.247. The first-order valence-corrected chi connectivity index (χ1v) is 5.47. The van der Waals surface area contributed by atoms with Crippen LogP contribution < -0.4 is 5.73 Å². The predicted molar refractivity (Wildman–Crippen MR) is 71.3 cm³/mol. The Morgan fingerprint density at radius 3 is 2.61 bits per heavy atom. The molecule has 2 aromatic rings. The normalized spacial score (nSPS) is 9.28.